The molecule has 0 spiro atoms. The van der Waals surface area contributed by atoms with Gasteiger partial charge in [-0.2, -0.15) is 4.31 Å². The number of Topliss-reactive ketones (excluding diaryl/α,β-unsaturated/α-hetero) is 1. The molecule has 0 N–H and O–H groups in total. The van der Waals surface area contributed by atoms with Crippen molar-refractivity contribution < 1.29 is 26.7 Å². The van der Waals surface area contributed by atoms with E-state index in [-0.39, 0.29) is 17.7 Å². The van der Waals surface area contributed by atoms with E-state index in [0.717, 1.165) is 25.0 Å². The summed E-state index contributed by atoms with van der Waals surface area (Å²) in [6.45, 7) is 5.03. The summed E-state index contributed by atoms with van der Waals surface area (Å²) in [7, 11) is -3.24. The number of carbonyl (C=O) groups excluding carboxylic acids is 1. The normalized spacial score (nSPS) is 24.1. The highest BCUT2D eigenvalue weighted by molar-refractivity contribution is 7.89. The van der Waals surface area contributed by atoms with Crippen LogP contribution >= 0.6 is 0 Å². The van der Waals surface area contributed by atoms with Crippen molar-refractivity contribution >= 4 is 15.8 Å². The average molecular weight is 459 g/mol. The Kier molecular flexibility index (Phi) is 8.18. The van der Waals surface area contributed by atoms with Crippen molar-refractivity contribution in [3.05, 3.63) is 35.4 Å². The summed E-state index contributed by atoms with van der Waals surface area (Å²) in [5.41, 5.74) is -0.813. The molecule has 0 aliphatic carbocycles. The van der Waals surface area contributed by atoms with E-state index in [2.05, 4.69) is 4.90 Å². The molecule has 0 radical (unpaired) electrons. The number of rotatable bonds is 8. The molecule has 3 rings (SSSR count). The fraction of sp³-hybridized carbons (Fsp3) is 0.682. The fourth-order valence-electron chi connectivity index (χ4n) is 4.78. The van der Waals surface area contributed by atoms with Gasteiger partial charge >= 0.3 is 0 Å². The van der Waals surface area contributed by atoms with Crippen LogP contribution in [0.15, 0.2) is 18.2 Å². The molecule has 174 valence electrons. The number of sulfonamides is 1. The van der Waals surface area contributed by atoms with Crippen molar-refractivity contribution in [3.8, 4) is 0 Å². The van der Waals surface area contributed by atoms with Crippen LogP contribution in [-0.4, -0.2) is 74.1 Å². The summed E-state index contributed by atoms with van der Waals surface area (Å²) in [6, 6.07) is 3.45. The Morgan fingerprint density at radius 2 is 1.77 bits per heavy atom. The standard InChI is InChI=1S/C22H32F2N2O4S/c1-2-17-31(28,29)26-13-11-25(12-14-26)22(8-4-15-30-16-10-22)9-7-20(27)21-18(23)5-3-6-19(21)24/h3,5-6H,2,4,7-17H2,1H3. The van der Waals surface area contributed by atoms with Crippen molar-refractivity contribution in [3.63, 3.8) is 0 Å². The number of nitrogens with zero attached hydrogens (tertiary/aromatic N) is 2. The van der Waals surface area contributed by atoms with Crippen molar-refractivity contribution in [2.24, 2.45) is 0 Å². The zero-order valence-electron chi connectivity index (χ0n) is 18.1. The largest absolute Gasteiger partial charge is 0.381 e. The van der Waals surface area contributed by atoms with Gasteiger partial charge in [-0.05, 0) is 44.2 Å². The van der Waals surface area contributed by atoms with Crippen LogP contribution in [0.2, 0.25) is 0 Å². The van der Waals surface area contributed by atoms with Crippen LogP contribution in [0.4, 0.5) is 8.78 Å². The highest BCUT2D eigenvalue weighted by atomic mass is 32.2. The lowest BCUT2D eigenvalue weighted by Crippen LogP contribution is -2.58. The van der Waals surface area contributed by atoms with E-state index in [4.69, 9.17) is 4.74 Å². The highest BCUT2D eigenvalue weighted by Crippen LogP contribution is 2.35. The second-order valence-electron chi connectivity index (χ2n) is 8.41. The number of benzene rings is 1. The monoisotopic (exact) mass is 458 g/mol. The van der Waals surface area contributed by atoms with E-state index in [1.165, 1.54) is 6.07 Å². The topological polar surface area (TPSA) is 66.9 Å². The summed E-state index contributed by atoms with van der Waals surface area (Å²) in [6.07, 6.45) is 3.43. The van der Waals surface area contributed by atoms with Crippen LogP contribution in [0.5, 0.6) is 0 Å². The molecule has 2 heterocycles. The first kappa shape index (κ1) is 24.2. The molecular weight excluding hydrogens is 426 g/mol. The molecular formula is C22H32F2N2O4S. The van der Waals surface area contributed by atoms with Crippen LogP contribution in [0.3, 0.4) is 0 Å². The van der Waals surface area contributed by atoms with Gasteiger partial charge in [0.25, 0.3) is 0 Å². The number of ketones is 1. The number of ether oxygens (including phenoxy) is 1. The van der Waals surface area contributed by atoms with Crippen molar-refractivity contribution in [1.82, 2.24) is 9.21 Å². The zero-order valence-corrected chi connectivity index (χ0v) is 18.9. The van der Waals surface area contributed by atoms with Crippen LogP contribution in [0.1, 0.15) is 55.8 Å². The second-order valence-corrected chi connectivity index (χ2v) is 10.5. The van der Waals surface area contributed by atoms with E-state index in [1.807, 2.05) is 6.92 Å². The lowest BCUT2D eigenvalue weighted by Gasteiger charge is -2.47. The number of hydrogen-bond acceptors (Lipinski definition) is 5. The molecule has 0 amide bonds. The van der Waals surface area contributed by atoms with Crippen molar-refractivity contribution in [2.75, 3.05) is 45.1 Å². The number of hydrogen-bond donors (Lipinski definition) is 0. The minimum absolute atomic E-state index is 0.0339. The molecule has 6 nitrogen and oxygen atoms in total. The molecule has 0 bridgehead atoms. The highest BCUT2D eigenvalue weighted by Gasteiger charge is 2.40. The Bertz CT molecular complexity index is 842. The maximum absolute atomic E-state index is 14.0. The van der Waals surface area contributed by atoms with Gasteiger partial charge in [0.05, 0.1) is 11.3 Å². The van der Waals surface area contributed by atoms with Gasteiger partial charge in [0, 0.05) is 51.4 Å². The van der Waals surface area contributed by atoms with E-state index in [0.29, 0.717) is 58.7 Å². The minimum Gasteiger partial charge on any atom is -0.381 e. The van der Waals surface area contributed by atoms with Gasteiger partial charge in [0.1, 0.15) is 11.6 Å². The van der Waals surface area contributed by atoms with E-state index in [9.17, 15) is 22.0 Å². The van der Waals surface area contributed by atoms with E-state index < -0.39 is 33.0 Å². The maximum atomic E-state index is 14.0. The van der Waals surface area contributed by atoms with Crippen LogP contribution < -0.4 is 0 Å². The van der Waals surface area contributed by atoms with Gasteiger partial charge in [0.2, 0.25) is 10.0 Å². The minimum atomic E-state index is -3.24. The molecule has 2 fully saturated rings. The predicted octanol–water partition coefficient (Wildman–Crippen LogP) is 3.22. The molecule has 2 saturated heterocycles. The second kappa shape index (κ2) is 10.5. The maximum Gasteiger partial charge on any atom is 0.214 e. The number of piperazine rings is 1. The number of carbonyl (C=O) groups is 1. The molecule has 1 atom stereocenters. The summed E-state index contributed by atoms with van der Waals surface area (Å²) in [4.78, 5) is 14.9. The summed E-state index contributed by atoms with van der Waals surface area (Å²) in [5, 5.41) is 0. The van der Waals surface area contributed by atoms with Crippen LogP contribution in [0.25, 0.3) is 0 Å². The van der Waals surface area contributed by atoms with Crippen molar-refractivity contribution in [1.29, 1.82) is 0 Å². The molecule has 0 aromatic heterocycles. The van der Waals surface area contributed by atoms with Crippen molar-refractivity contribution in [2.45, 2.75) is 51.0 Å². The van der Waals surface area contributed by atoms with Crippen LogP contribution in [-0.2, 0) is 14.8 Å². The molecule has 2 aliphatic rings. The third-order valence-electron chi connectivity index (χ3n) is 6.47. The van der Waals surface area contributed by atoms with Gasteiger partial charge < -0.3 is 4.74 Å². The lowest BCUT2D eigenvalue weighted by molar-refractivity contribution is 0.0268. The number of halogens is 2. The van der Waals surface area contributed by atoms with Crippen LogP contribution in [0, 0.1) is 11.6 Å². The Labute approximate surface area is 183 Å². The van der Waals surface area contributed by atoms with Gasteiger partial charge in [-0.15, -0.1) is 0 Å². The third-order valence-corrected chi connectivity index (χ3v) is 8.54. The summed E-state index contributed by atoms with van der Waals surface area (Å²) >= 11 is 0. The molecule has 0 saturated carbocycles. The molecule has 1 aromatic carbocycles. The Morgan fingerprint density at radius 3 is 2.42 bits per heavy atom. The first-order chi connectivity index (χ1) is 14.8. The molecule has 1 unspecified atom stereocenters. The molecule has 2 aliphatic heterocycles. The quantitative estimate of drug-likeness (QED) is 0.560. The SMILES string of the molecule is CCCS(=O)(=O)N1CCN(C2(CCC(=O)c3c(F)cccc3F)CCCOCC2)CC1. The zero-order chi connectivity index (χ0) is 22.5. The first-order valence-electron chi connectivity index (χ1n) is 11.1. The molecule has 31 heavy (non-hydrogen) atoms. The average Bonchev–Trinajstić information content (AvgIpc) is 2.99. The predicted molar refractivity (Wildman–Crippen MR) is 115 cm³/mol. The van der Waals surface area contributed by atoms with Gasteiger partial charge in [-0.1, -0.05) is 13.0 Å². The first-order valence-corrected chi connectivity index (χ1v) is 12.7. The lowest BCUT2D eigenvalue weighted by atomic mass is 9.82. The molecule has 9 heteroatoms. The van der Waals surface area contributed by atoms with E-state index >= 15 is 0 Å². The summed E-state index contributed by atoms with van der Waals surface area (Å²) < 4.78 is 60.1. The summed E-state index contributed by atoms with van der Waals surface area (Å²) in [5.74, 6) is -2.06. The Morgan fingerprint density at radius 1 is 1.10 bits per heavy atom. The van der Waals surface area contributed by atoms with E-state index in [1.54, 1.807) is 4.31 Å². The van der Waals surface area contributed by atoms with Gasteiger partial charge in [-0.3, -0.25) is 9.69 Å². The molecule has 1 aromatic rings. The Balaban J connectivity index is 1.72. The van der Waals surface area contributed by atoms with Gasteiger partial charge in [0.15, 0.2) is 5.78 Å². The smallest absolute Gasteiger partial charge is 0.214 e. The third kappa shape index (κ3) is 5.69. The van der Waals surface area contributed by atoms with Gasteiger partial charge in [-0.25, -0.2) is 17.2 Å². The Hall–Kier alpha value is -1.42. The fourth-order valence-corrected chi connectivity index (χ4v) is 6.27.